The molecular formula is C53H39N3. The number of benzene rings is 7. The Balaban J connectivity index is 1.02. The number of hydrogen-bond donors (Lipinski definition) is 0. The predicted octanol–water partition coefficient (Wildman–Crippen LogP) is 13.6. The van der Waals surface area contributed by atoms with Gasteiger partial charge in [-0.2, -0.15) is 5.26 Å². The van der Waals surface area contributed by atoms with Crippen LogP contribution in [0.5, 0.6) is 0 Å². The highest BCUT2D eigenvalue weighted by molar-refractivity contribution is 5.86. The number of nitriles is 1. The van der Waals surface area contributed by atoms with E-state index in [4.69, 9.17) is 9.97 Å². The lowest BCUT2D eigenvalue weighted by Crippen LogP contribution is -2.28. The van der Waals surface area contributed by atoms with Crippen LogP contribution < -0.4 is 0 Å². The van der Waals surface area contributed by atoms with Crippen LogP contribution in [0.25, 0.3) is 78.4 Å². The molecule has 1 spiro atoms. The fourth-order valence-electron chi connectivity index (χ4n) is 9.11. The maximum absolute atomic E-state index is 9.72. The summed E-state index contributed by atoms with van der Waals surface area (Å²) < 4.78 is 0. The van der Waals surface area contributed by atoms with Crippen molar-refractivity contribution in [3.63, 3.8) is 0 Å². The molecule has 0 bridgehead atoms. The highest BCUT2D eigenvalue weighted by atomic mass is 14.9. The number of hydrogen-bond acceptors (Lipinski definition) is 3. The third-order valence-electron chi connectivity index (χ3n) is 11.9. The minimum absolute atomic E-state index is 0.0256. The highest BCUT2D eigenvalue weighted by Gasteiger charge is 2.43. The molecular weight excluding hydrogens is 679 g/mol. The van der Waals surface area contributed by atoms with Gasteiger partial charge in [0.25, 0.3) is 0 Å². The Morgan fingerprint density at radius 1 is 0.393 bits per heavy atom. The molecule has 0 N–H and O–H groups in total. The zero-order valence-electron chi connectivity index (χ0n) is 31.1. The molecule has 1 heterocycles. The second kappa shape index (κ2) is 14.1. The summed E-state index contributed by atoms with van der Waals surface area (Å²) in [5.74, 6) is 0.705. The number of nitrogens with zero attached hydrogens (tertiary/aromatic N) is 3. The molecule has 3 heteroatoms. The number of fused-ring (bicyclic) bond motifs is 5. The number of aromatic nitrogens is 2. The zero-order valence-corrected chi connectivity index (χ0v) is 31.1. The highest BCUT2D eigenvalue weighted by Crippen LogP contribution is 2.56. The summed E-state index contributed by atoms with van der Waals surface area (Å²) in [5.41, 5.74) is 18.1. The van der Waals surface area contributed by atoms with Gasteiger partial charge >= 0.3 is 0 Å². The van der Waals surface area contributed by atoms with Crippen molar-refractivity contribution in [2.75, 3.05) is 0 Å². The normalized spacial score (nSPS) is 13.8. The van der Waals surface area contributed by atoms with E-state index in [-0.39, 0.29) is 5.41 Å². The van der Waals surface area contributed by atoms with Gasteiger partial charge in [0, 0.05) is 22.1 Å². The molecule has 10 rings (SSSR count). The topological polar surface area (TPSA) is 49.6 Å². The smallest absolute Gasteiger partial charge is 0.160 e. The van der Waals surface area contributed by atoms with Crippen LogP contribution in [-0.4, -0.2) is 9.97 Å². The largest absolute Gasteiger partial charge is 0.228 e. The molecule has 7 aromatic carbocycles. The van der Waals surface area contributed by atoms with Crippen molar-refractivity contribution in [3.05, 3.63) is 193 Å². The van der Waals surface area contributed by atoms with E-state index < -0.39 is 0 Å². The Bertz CT molecular complexity index is 2770. The van der Waals surface area contributed by atoms with Gasteiger partial charge in [-0.3, -0.25) is 0 Å². The van der Waals surface area contributed by atoms with E-state index in [0.717, 1.165) is 57.6 Å². The van der Waals surface area contributed by atoms with Gasteiger partial charge in [0.05, 0.1) is 23.0 Å². The Morgan fingerprint density at radius 3 is 1.61 bits per heavy atom. The van der Waals surface area contributed by atoms with Crippen LogP contribution in [0, 0.1) is 11.3 Å². The summed E-state index contributed by atoms with van der Waals surface area (Å²) in [6, 6.07) is 64.8. The summed E-state index contributed by atoms with van der Waals surface area (Å²) in [6.07, 6.45) is 6.07. The van der Waals surface area contributed by atoms with Gasteiger partial charge in [-0.25, -0.2) is 9.97 Å². The van der Waals surface area contributed by atoms with Crippen LogP contribution in [0.4, 0.5) is 0 Å². The zero-order chi connectivity index (χ0) is 37.5. The fraction of sp³-hybridized carbons (Fsp3) is 0.113. The first-order valence-corrected chi connectivity index (χ1v) is 19.7. The summed E-state index contributed by atoms with van der Waals surface area (Å²) in [6.45, 7) is 0. The molecule has 3 nitrogen and oxygen atoms in total. The van der Waals surface area contributed by atoms with Crippen molar-refractivity contribution in [2.24, 2.45) is 0 Å². The van der Waals surface area contributed by atoms with E-state index in [2.05, 4.69) is 152 Å². The molecule has 0 amide bonds. The Morgan fingerprint density at radius 2 is 0.929 bits per heavy atom. The molecule has 8 aromatic rings. The van der Waals surface area contributed by atoms with E-state index in [0.29, 0.717) is 5.82 Å². The first-order valence-electron chi connectivity index (χ1n) is 19.7. The van der Waals surface area contributed by atoms with Gasteiger partial charge in [-0.05, 0) is 105 Å². The molecule has 2 aliphatic rings. The van der Waals surface area contributed by atoms with Gasteiger partial charge in [-0.1, -0.05) is 159 Å². The molecule has 1 fully saturated rings. The van der Waals surface area contributed by atoms with Crippen LogP contribution in [0.3, 0.4) is 0 Å². The van der Waals surface area contributed by atoms with Crippen molar-refractivity contribution in [3.8, 4) is 84.5 Å². The molecule has 2 aliphatic carbocycles. The first kappa shape index (κ1) is 33.7. The average Bonchev–Trinajstić information content (AvgIpc) is 3.54. The third-order valence-corrected chi connectivity index (χ3v) is 11.9. The Kier molecular flexibility index (Phi) is 8.46. The van der Waals surface area contributed by atoms with Crippen LogP contribution in [-0.2, 0) is 5.41 Å². The van der Waals surface area contributed by atoms with Gasteiger partial charge in [-0.15, -0.1) is 0 Å². The molecule has 0 atom stereocenters. The van der Waals surface area contributed by atoms with Crippen molar-refractivity contribution in [1.29, 1.82) is 5.26 Å². The van der Waals surface area contributed by atoms with E-state index in [1.807, 2.05) is 30.3 Å². The maximum Gasteiger partial charge on any atom is 0.160 e. The standard InChI is InChI=1S/C53H39N3/c54-35-36-20-27-48-47(30-36)46-26-25-44(33-49(46)53(48)28-8-3-9-29-53)42-17-10-16-41(31-42)43-18-11-19-45(32-43)51-34-50(55-52(56-51)40-14-6-2-7-15-40)39-23-21-38(22-24-39)37-12-4-1-5-13-37/h1-2,4-7,10-27,30-34H,3,8-9,28-29H2. The molecule has 0 radical (unpaired) electrons. The van der Waals surface area contributed by atoms with E-state index in [9.17, 15) is 5.26 Å². The average molecular weight is 718 g/mol. The Labute approximate surface area is 328 Å². The van der Waals surface area contributed by atoms with E-state index in [1.165, 1.54) is 63.8 Å². The summed E-state index contributed by atoms with van der Waals surface area (Å²) in [5, 5.41) is 9.72. The molecule has 56 heavy (non-hydrogen) atoms. The SMILES string of the molecule is N#Cc1ccc2c(c1)-c1ccc(-c3cccc(-c4cccc(-c5cc(-c6ccc(-c7ccccc7)cc6)nc(-c6ccccc6)n5)c4)c3)cc1C21CCCCC1. The predicted molar refractivity (Wildman–Crippen MR) is 229 cm³/mol. The van der Waals surface area contributed by atoms with Crippen LogP contribution >= 0.6 is 0 Å². The van der Waals surface area contributed by atoms with Gasteiger partial charge in [0.15, 0.2) is 5.82 Å². The lowest BCUT2D eigenvalue weighted by Gasteiger charge is -2.36. The lowest BCUT2D eigenvalue weighted by atomic mass is 9.67. The molecule has 0 aliphatic heterocycles. The van der Waals surface area contributed by atoms with Crippen LogP contribution in [0.15, 0.2) is 176 Å². The molecule has 1 aromatic heterocycles. The van der Waals surface area contributed by atoms with Crippen molar-refractivity contribution < 1.29 is 0 Å². The second-order valence-corrected chi connectivity index (χ2v) is 15.2. The van der Waals surface area contributed by atoms with Crippen LogP contribution in [0.2, 0.25) is 0 Å². The first-order chi connectivity index (χ1) is 27.6. The fourth-order valence-corrected chi connectivity index (χ4v) is 9.11. The maximum atomic E-state index is 9.72. The third kappa shape index (κ3) is 6.01. The summed E-state index contributed by atoms with van der Waals surface area (Å²) >= 11 is 0. The number of rotatable bonds is 6. The molecule has 266 valence electrons. The van der Waals surface area contributed by atoms with Crippen molar-refractivity contribution in [2.45, 2.75) is 37.5 Å². The second-order valence-electron chi connectivity index (χ2n) is 15.2. The molecule has 1 saturated carbocycles. The summed E-state index contributed by atoms with van der Waals surface area (Å²) in [7, 11) is 0. The quantitative estimate of drug-likeness (QED) is 0.172. The Hall–Kier alpha value is -6.89. The van der Waals surface area contributed by atoms with Gasteiger partial charge < -0.3 is 0 Å². The lowest BCUT2D eigenvalue weighted by molar-refractivity contribution is 0.353. The minimum Gasteiger partial charge on any atom is -0.228 e. The molecule has 0 unspecified atom stereocenters. The summed E-state index contributed by atoms with van der Waals surface area (Å²) in [4.78, 5) is 10.2. The van der Waals surface area contributed by atoms with Gasteiger partial charge in [0.1, 0.15) is 0 Å². The van der Waals surface area contributed by atoms with E-state index >= 15 is 0 Å². The minimum atomic E-state index is 0.0256. The van der Waals surface area contributed by atoms with Crippen molar-refractivity contribution in [1.82, 2.24) is 9.97 Å². The monoisotopic (exact) mass is 717 g/mol. The van der Waals surface area contributed by atoms with Crippen molar-refractivity contribution >= 4 is 0 Å². The van der Waals surface area contributed by atoms with Gasteiger partial charge in [0.2, 0.25) is 0 Å². The van der Waals surface area contributed by atoms with E-state index in [1.54, 1.807) is 0 Å². The molecule has 0 saturated heterocycles. The van der Waals surface area contributed by atoms with Crippen LogP contribution in [0.1, 0.15) is 48.8 Å².